The normalized spacial score (nSPS) is 10.8. The Balaban J connectivity index is 1.64. The van der Waals surface area contributed by atoms with Crippen molar-refractivity contribution in [2.24, 2.45) is 0 Å². The summed E-state index contributed by atoms with van der Waals surface area (Å²) in [6.45, 7) is 0. The van der Waals surface area contributed by atoms with Gasteiger partial charge in [-0.05, 0) is 66.2 Å². The van der Waals surface area contributed by atoms with Crippen molar-refractivity contribution in [1.29, 1.82) is 0 Å². The molecule has 152 valence electrons. The molecule has 1 amide bonds. The first-order chi connectivity index (χ1) is 14.4. The van der Waals surface area contributed by atoms with Gasteiger partial charge in [-0.1, -0.05) is 35.5 Å². The standard InChI is InChI=1S/C23H17ClFNO3S/c1-29-23(28)16-3-2-4-18(13-16)26-22(27)12-6-15-5-9-20(14-21(15)24)30-19-10-7-17(25)8-11-19/h2-14H,1H3,(H,26,27). The van der Waals surface area contributed by atoms with E-state index in [0.29, 0.717) is 21.8 Å². The van der Waals surface area contributed by atoms with Crippen molar-refractivity contribution in [2.75, 3.05) is 12.4 Å². The molecule has 0 aliphatic rings. The summed E-state index contributed by atoms with van der Waals surface area (Å²) < 4.78 is 17.7. The van der Waals surface area contributed by atoms with Crippen LogP contribution >= 0.6 is 23.4 Å². The molecule has 0 fully saturated rings. The van der Waals surface area contributed by atoms with Crippen LogP contribution in [0.2, 0.25) is 5.02 Å². The van der Waals surface area contributed by atoms with Crippen molar-refractivity contribution in [3.63, 3.8) is 0 Å². The maximum atomic E-state index is 13.0. The van der Waals surface area contributed by atoms with Crippen LogP contribution in [-0.2, 0) is 9.53 Å². The van der Waals surface area contributed by atoms with Crippen LogP contribution in [0.5, 0.6) is 0 Å². The van der Waals surface area contributed by atoms with Gasteiger partial charge in [-0.25, -0.2) is 9.18 Å². The molecule has 0 radical (unpaired) electrons. The summed E-state index contributed by atoms with van der Waals surface area (Å²) in [4.78, 5) is 25.6. The highest BCUT2D eigenvalue weighted by molar-refractivity contribution is 7.99. The van der Waals surface area contributed by atoms with Gasteiger partial charge >= 0.3 is 5.97 Å². The lowest BCUT2D eigenvalue weighted by Crippen LogP contribution is -2.09. The van der Waals surface area contributed by atoms with Crippen molar-refractivity contribution >= 4 is 47.0 Å². The van der Waals surface area contributed by atoms with Gasteiger partial charge in [0.2, 0.25) is 5.91 Å². The van der Waals surface area contributed by atoms with Crippen LogP contribution in [0.1, 0.15) is 15.9 Å². The summed E-state index contributed by atoms with van der Waals surface area (Å²) in [5.74, 6) is -1.13. The van der Waals surface area contributed by atoms with Gasteiger partial charge in [-0.15, -0.1) is 0 Å². The number of carbonyl (C=O) groups is 2. The first-order valence-corrected chi connectivity index (χ1v) is 10.0. The van der Waals surface area contributed by atoms with Gasteiger partial charge in [0.25, 0.3) is 0 Å². The van der Waals surface area contributed by atoms with Crippen LogP contribution < -0.4 is 5.32 Å². The smallest absolute Gasteiger partial charge is 0.337 e. The van der Waals surface area contributed by atoms with Crippen LogP contribution in [-0.4, -0.2) is 19.0 Å². The van der Waals surface area contributed by atoms with E-state index in [1.165, 1.54) is 43.1 Å². The Bertz CT molecular complexity index is 1100. The van der Waals surface area contributed by atoms with E-state index in [2.05, 4.69) is 10.1 Å². The Kier molecular flexibility index (Phi) is 7.27. The second-order valence-electron chi connectivity index (χ2n) is 6.13. The maximum absolute atomic E-state index is 13.0. The highest BCUT2D eigenvalue weighted by Gasteiger charge is 2.07. The number of hydrogen-bond donors (Lipinski definition) is 1. The second-order valence-corrected chi connectivity index (χ2v) is 7.69. The van der Waals surface area contributed by atoms with Crippen molar-refractivity contribution in [3.8, 4) is 0 Å². The monoisotopic (exact) mass is 441 g/mol. The third-order valence-electron chi connectivity index (χ3n) is 3.99. The van der Waals surface area contributed by atoms with Crippen LogP contribution in [0.15, 0.2) is 82.6 Å². The van der Waals surface area contributed by atoms with Gasteiger partial charge in [0.05, 0.1) is 12.7 Å². The SMILES string of the molecule is COC(=O)c1cccc(NC(=O)C=Cc2ccc(Sc3ccc(F)cc3)cc2Cl)c1. The molecule has 0 saturated carbocycles. The minimum absolute atomic E-state index is 0.284. The number of benzene rings is 3. The van der Waals surface area contributed by atoms with Crippen molar-refractivity contribution < 1.29 is 18.7 Å². The van der Waals surface area contributed by atoms with Gasteiger partial charge in [0, 0.05) is 26.6 Å². The third-order valence-corrected chi connectivity index (χ3v) is 5.31. The average molecular weight is 442 g/mol. The highest BCUT2D eigenvalue weighted by Crippen LogP contribution is 2.31. The lowest BCUT2D eigenvalue weighted by Gasteiger charge is -2.06. The van der Waals surface area contributed by atoms with Crippen molar-refractivity contribution in [2.45, 2.75) is 9.79 Å². The number of carbonyl (C=O) groups excluding carboxylic acids is 2. The fraction of sp³-hybridized carbons (Fsp3) is 0.0435. The van der Waals surface area contributed by atoms with E-state index in [1.807, 2.05) is 6.07 Å². The number of hydrogen-bond acceptors (Lipinski definition) is 4. The Morgan fingerprint density at radius 2 is 1.77 bits per heavy atom. The number of ether oxygens (including phenoxy) is 1. The highest BCUT2D eigenvalue weighted by atomic mass is 35.5. The van der Waals surface area contributed by atoms with Crippen LogP contribution in [0, 0.1) is 5.82 Å². The summed E-state index contributed by atoms with van der Waals surface area (Å²) >= 11 is 7.79. The number of amides is 1. The molecule has 1 N–H and O–H groups in total. The van der Waals surface area contributed by atoms with Gasteiger partial charge in [0.1, 0.15) is 5.82 Å². The molecule has 3 aromatic carbocycles. The van der Waals surface area contributed by atoms with Gasteiger partial charge in [-0.2, -0.15) is 0 Å². The first-order valence-electron chi connectivity index (χ1n) is 8.85. The Labute approximate surface area is 182 Å². The lowest BCUT2D eigenvalue weighted by molar-refractivity contribution is -0.111. The van der Waals surface area contributed by atoms with Crippen LogP contribution in [0.4, 0.5) is 10.1 Å². The number of esters is 1. The summed E-state index contributed by atoms with van der Waals surface area (Å²) in [5, 5.41) is 3.17. The maximum Gasteiger partial charge on any atom is 0.337 e. The van der Waals surface area contributed by atoms with Crippen LogP contribution in [0.25, 0.3) is 6.08 Å². The number of halogens is 2. The predicted octanol–water partition coefficient (Wildman–Crippen LogP) is 6.07. The molecule has 7 heteroatoms. The fourth-order valence-corrected chi connectivity index (χ4v) is 3.70. The molecule has 0 bridgehead atoms. The van der Waals surface area contributed by atoms with E-state index in [9.17, 15) is 14.0 Å². The number of anilines is 1. The molecule has 0 aliphatic heterocycles. The molecule has 3 aromatic rings. The lowest BCUT2D eigenvalue weighted by atomic mass is 10.2. The Morgan fingerprint density at radius 3 is 2.47 bits per heavy atom. The van der Waals surface area contributed by atoms with Crippen molar-refractivity contribution in [1.82, 2.24) is 0 Å². The second kappa shape index (κ2) is 10.1. The van der Waals surface area contributed by atoms with E-state index >= 15 is 0 Å². The molecular weight excluding hydrogens is 425 g/mol. The van der Waals surface area contributed by atoms with E-state index in [0.717, 1.165) is 9.79 Å². The number of methoxy groups -OCH3 is 1. The molecular formula is C23H17ClFNO3S. The first kappa shape index (κ1) is 21.6. The zero-order chi connectivity index (χ0) is 21.5. The largest absolute Gasteiger partial charge is 0.465 e. The summed E-state index contributed by atoms with van der Waals surface area (Å²) in [5.41, 5.74) is 1.50. The molecule has 0 spiro atoms. The third kappa shape index (κ3) is 5.95. The Morgan fingerprint density at radius 1 is 1.03 bits per heavy atom. The summed E-state index contributed by atoms with van der Waals surface area (Å²) in [7, 11) is 1.30. The number of nitrogens with one attached hydrogen (secondary N) is 1. The molecule has 3 rings (SSSR count). The molecule has 30 heavy (non-hydrogen) atoms. The molecule has 0 saturated heterocycles. The van der Waals surface area contributed by atoms with Crippen LogP contribution in [0.3, 0.4) is 0 Å². The molecule has 4 nitrogen and oxygen atoms in total. The average Bonchev–Trinajstić information content (AvgIpc) is 2.74. The summed E-state index contributed by atoms with van der Waals surface area (Å²) in [6, 6.07) is 18.1. The zero-order valence-electron chi connectivity index (χ0n) is 15.9. The van der Waals surface area contributed by atoms with Gasteiger partial charge < -0.3 is 10.1 Å². The minimum atomic E-state index is -0.480. The molecule has 0 heterocycles. The van der Waals surface area contributed by atoms with Gasteiger partial charge in [0.15, 0.2) is 0 Å². The zero-order valence-corrected chi connectivity index (χ0v) is 17.5. The van der Waals surface area contributed by atoms with Crippen molar-refractivity contribution in [3.05, 3.63) is 94.8 Å². The number of rotatable bonds is 6. The van der Waals surface area contributed by atoms with E-state index in [1.54, 1.807) is 48.5 Å². The Hall–Kier alpha value is -3.09. The van der Waals surface area contributed by atoms with E-state index in [4.69, 9.17) is 11.6 Å². The van der Waals surface area contributed by atoms with Gasteiger partial charge in [-0.3, -0.25) is 4.79 Å². The topological polar surface area (TPSA) is 55.4 Å². The fourth-order valence-electron chi connectivity index (χ4n) is 2.54. The van der Waals surface area contributed by atoms with E-state index < -0.39 is 5.97 Å². The summed E-state index contributed by atoms with van der Waals surface area (Å²) in [6.07, 6.45) is 2.97. The molecule has 0 aromatic heterocycles. The minimum Gasteiger partial charge on any atom is -0.465 e. The molecule has 0 aliphatic carbocycles. The van der Waals surface area contributed by atoms with E-state index in [-0.39, 0.29) is 11.7 Å². The molecule has 0 unspecified atom stereocenters. The predicted molar refractivity (Wildman–Crippen MR) is 117 cm³/mol. The molecule has 0 atom stereocenters. The quantitative estimate of drug-likeness (QED) is 0.372.